The molecule has 0 radical (unpaired) electrons. The maximum Gasteiger partial charge on any atom is 0.320 e. The number of nitrogens with one attached hydrogen (secondary N) is 1. The van der Waals surface area contributed by atoms with Crippen LogP contribution in [0.3, 0.4) is 0 Å². The monoisotopic (exact) mass is 219 g/mol. The Morgan fingerprint density at radius 3 is 2.88 bits per heavy atom. The molecule has 0 bridgehead atoms. The molecule has 1 aromatic carbocycles. The summed E-state index contributed by atoms with van der Waals surface area (Å²) in [7, 11) is 0. The van der Waals surface area contributed by atoms with Gasteiger partial charge in [-0.3, -0.25) is 4.79 Å². The first-order chi connectivity index (χ1) is 7.66. The molecule has 0 aliphatic carbocycles. The number of carbonyl (C=O) groups is 1. The van der Waals surface area contributed by atoms with Gasteiger partial charge in [0.05, 0.1) is 0 Å². The summed E-state index contributed by atoms with van der Waals surface area (Å²) >= 11 is 0. The average Bonchev–Trinajstić information content (AvgIpc) is 2.70. The van der Waals surface area contributed by atoms with Gasteiger partial charge < -0.3 is 10.4 Å². The summed E-state index contributed by atoms with van der Waals surface area (Å²) in [6.45, 7) is 2.91. The van der Waals surface area contributed by atoms with Crippen molar-refractivity contribution in [1.29, 1.82) is 0 Å². The standard InChI is InChI=1S/C13H17NO2/c1-9-4-2-3-5-11(9)6-10-7-12(13(15)16)14-8-10/h2-5,10,12,14H,6-8H2,1H3,(H,15,16). The van der Waals surface area contributed by atoms with Crippen LogP contribution in [0.15, 0.2) is 24.3 Å². The molecule has 16 heavy (non-hydrogen) atoms. The lowest BCUT2D eigenvalue weighted by Gasteiger charge is -2.10. The van der Waals surface area contributed by atoms with Crippen LogP contribution >= 0.6 is 0 Å². The van der Waals surface area contributed by atoms with Crippen LogP contribution in [-0.4, -0.2) is 23.7 Å². The van der Waals surface area contributed by atoms with Crippen LogP contribution in [0.25, 0.3) is 0 Å². The molecule has 1 fully saturated rings. The predicted octanol–water partition coefficient (Wildman–Crippen LogP) is 1.60. The zero-order chi connectivity index (χ0) is 11.5. The molecule has 1 heterocycles. The number of rotatable bonds is 3. The number of benzene rings is 1. The third-order valence-corrected chi connectivity index (χ3v) is 3.29. The normalized spacial score (nSPS) is 24.6. The molecule has 1 aromatic rings. The number of carboxylic acids is 1. The molecule has 1 aliphatic heterocycles. The topological polar surface area (TPSA) is 49.3 Å². The summed E-state index contributed by atoms with van der Waals surface area (Å²) < 4.78 is 0. The van der Waals surface area contributed by atoms with Crippen LogP contribution < -0.4 is 5.32 Å². The van der Waals surface area contributed by atoms with E-state index >= 15 is 0 Å². The Balaban J connectivity index is 1.97. The maximum atomic E-state index is 10.8. The summed E-state index contributed by atoms with van der Waals surface area (Å²) in [6, 6.07) is 7.95. The van der Waals surface area contributed by atoms with Gasteiger partial charge in [0.2, 0.25) is 0 Å². The Labute approximate surface area is 95.5 Å². The molecule has 0 spiro atoms. The average molecular weight is 219 g/mol. The van der Waals surface area contributed by atoms with Crippen LogP contribution in [0.1, 0.15) is 17.5 Å². The van der Waals surface area contributed by atoms with E-state index in [-0.39, 0.29) is 6.04 Å². The molecule has 86 valence electrons. The number of carboxylic acid groups (broad SMARTS) is 1. The molecule has 2 N–H and O–H groups in total. The third kappa shape index (κ3) is 2.42. The van der Waals surface area contributed by atoms with Crippen molar-refractivity contribution in [2.24, 2.45) is 5.92 Å². The Morgan fingerprint density at radius 2 is 2.25 bits per heavy atom. The van der Waals surface area contributed by atoms with E-state index in [1.54, 1.807) is 0 Å². The van der Waals surface area contributed by atoms with Crippen molar-refractivity contribution in [2.75, 3.05) is 6.54 Å². The second kappa shape index (κ2) is 4.66. The van der Waals surface area contributed by atoms with Gasteiger partial charge in [-0.25, -0.2) is 0 Å². The molecule has 2 unspecified atom stereocenters. The van der Waals surface area contributed by atoms with E-state index in [1.165, 1.54) is 11.1 Å². The van der Waals surface area contributed by atoms with Crippen LogP contribution in [0.4, 0.5) is 0 Å². The Hall–Kier alpha value is -1.35. The van der Waals surface area contributed by atoms with Gasteiger partial charge in [0.1, 0.15) is 6.04 Å². The quantitative estimate of drug-likeness (QED) is 0.811. The molecular formula is C13H17NO2. The van der Waals surface area contributed by atoms with Crippen molar-refractivity contribution in [3.63, 3.8) is 0 Å². The highest BCUT2D eigenvalue weighted by Gasteiger charge is 2.29. The molecule has 0 aromatic heterocycles. The maximum absolute atomic E-state index is 10.8. The van der Waals surface area contributed by atoms with Gasteiger partial charge in [0.25, 0.3) is 0 Å². The number of aliphatic carboxylic acids is 1. The smallest absolute Gasteiger partial charge is 0.320 e. The number of aryl methyl sites for hydroxylation is 1. The van der Waals surface area contributed by atoms with Crippen LogP contribution in [0.2, 0.25) is 0 Å². The van der Waals surface area contributed by atoms with Crippen molar-refractivity contribution in [3.05, 3.63) is 35.4 Å². The second-order valence-electron chi connectivity index (χ2n) is 4.53. The number of hydrogen-bond donors (Lipinski definition) is 2. The molecule has 2 rings (SSSR count). The molecule has 0 saturated carbocycles. The van der Waals surface area contributed by atoms with E-state index in [4.69, 9.17) is 5.11 Å². The lowest BCUT2D eigenvalue weighted by Crippen LogP contribution is -2.29. The largest absolute Gasteiger partial charge is 0.480 e. The van der Waals surface area contributed by atoms with E-state index in [1.807, 2.05) is 12.1 Å². The fourth-order valence-corrected chi connectivity index (χ4v) is 2.30. The van der Waals surface area contributed by atoms with Crippen molar-refractivity contribution in [3.8, 4) is 0 Å². The Kier molecular flexibility index (Phi) is 3.25. The van der Waals surface area contributed by atoms with E-state index < -0.39 is 5.97 Å². The molecular weight excluding hydrogens is 202 g/mol. The van der Waals surface area contributed by atoms with Crippen molar-refractivity contribution in [2.45, 2.75) is 25.8 Å². The van der Waals surface area contributed by atoms with Gasteiger partial charge in [0, 0.05) is 0 Å². The summed E-state index contributed by atoms with van der Waals surface area (Å²) in [5.74, 6) is -0.283. The zero-order valence-corrected chi connectivity index (χ0v) is 9.44. The van der Waals surface area contributed by atoms with Gasteiger partial charge in [-0.15, -0.1) is 0 Å². The van der Waals surface area contributed by atoms with Crippen LogP contribution in [-0.2, 0) is 11.2 Å². The van der Waals surface area contributed by atoms with Gasteiger partial charge in [0.15, 0.2) is 0 Å². The highest BCUT2D eigenvalue weighted by Crippen LogP contribution is 2.21. The number of hydrogen-bond acceptors (Lipinski definition) is 2. The van der Waals surface area contributed by atoms with Crippen LogP contribution in [0, 0.1) is 12.8 Å². The Bertz CT molecular complexity index is 389. The highest BCUT2D eigenvalue weighted by atomic mass is 16.4. The summed E-state index contributed by atoms with van der Waals surface area (Å²) in [5.41, 5.74) is 2.63. The van der Waals surface area contributed by atoms with Gasteiger partial charge in [-0.1, -0.05) is 24.3 Å². The van der Waals surface area contributed by atoms with Crippen LogP contribution in [0.5, 0.6) is 0 Å². The minimum absolute atomic E-state index is 0.353. The lowest BCUT2D eigenvalue weighted by atomic mass is 9.94. The van der Waals surface area contributed by atoms with Crippen molar-refractivity contribution in [1.82, 2.24) is 5.32 Å². The summed E-state index contributed by atoms with van der Waals surface area (Å²) in [4.78, 5) is 10.8. The predicted molar refractivity (Wildman–Crippen MR) is 62.4 cm³/mol. The third-order valence-electron chi connectivity index (χ3n) is 3.29. The molecule has 1 saturated heterocycles. The molecule has 2 atom stereocenters. The van der Waals surface area contributed by atoms with Gasteiger partial charge in [-0.2, -0.15) is 0 Å². The summed E-state index contributed by atoms with van der Waals surface area (Å²) in [6.07, 6.45) is 1.72. The van der Waals surface area contributed by atoms with E-state index in [0.29, 0.717) is 5.92 Å². The highest BCUT2D eigenvalue weighted by molar-refractivity contribution is 5.73. The van der Waals surface area contributed by atoms with Crippen molar-refractivity contribution < 1.29 is 9.90 Å². The first-order valence-electron chi connectivity index (χ1n) is 5.67. The van der Waals surface area contributed by atoms with E-state index in [0.717, 1.165) is 19.4 Å². The first-order valence-corrected chi connectivity index (χ1v) is 5.67. The lowest BCUT2D eigenvalue weighted by molar-refractivity contribution is -0.139. The fraction of sp³-hybridized carbons (Fsp3) is 0.462. The second-order valence-corrected chi connectivity index (χ2v) is 4.53. The van der Waals surface area contributed by atoms with E-state index in [2.05, 4.69) is 24.4 Å². The molecule has 3 nitrogen and oxygen atoms in total. The molecule has 0 amide bonds. The van der Waals surface area contributed by atoms with Gasteiger partial charge in [-0.05, 0) is 43.4 Å². The van der Waals surface area contributed by atoms with Gasteiger partial charge >= 0.3 is 5.97 Å². The van der Waals surface area contributed by atoms with E-state index in [9.17, 15) is 4.79 Å². The Morgan fingerprint density at radius 1 is 1.50 bits per heavy atom. The first kappa shape index (κ1) is 11.1. The summed E-state index contributed by atoms with van der Waals surface area (Å²) in [5, 5.41) is 11.9. The molecule has 1 aliphatic rings. The zero-order valence-electron chi connectivity index (χ0n) is 9.44. The minimum atomic E-state index is -0.729. The molecule has 3 heteroatoms. The minimum Gasteiger partial charge on any atom is -0.480 e. The van der Waals surface area contributed by atoms with Crippen molar-refractivity contribution >= 4 is 5.97 Å². The SMILES string of the molecule is Cc1ccccc1CC1CNC(C(=O)O)C1. The fourth-order valence-electron chi connectivity index (χ4n) is 2.30.